The Labute approximate surface area is 118 Å². The monoisotopic (exact) mass is 274 g/mol. The molecule has 106 valence electrons. The van der Waals surface area contributed by atoms with Crippen molar-refractivity contribution in [2.75, 3.05) is 6.61 Å². The second-order valence-electron chi connectivity index (χ2n) is 4.75. The van der Waals surface area contributed by atoms with Crippen LogP contribution in [0.4, 0.5) is 4.39 Å². The Balaban J connectivity index is 1.90. The first-order valence-electron chi connectivity index (χ1n) is 6.74. The number of aromatic nitrogens is 1. The molecule has 2 aromatic rings. The minimum absolute atomic E-state index is 0.313. The Kier molecular flexibility index (Phi) is 5.07. The van der Waals surface area contributed by atoms with Crippen LogP contribution in [0.15, 0.2) is 42.7 Å². The second kappa shape index (κ2) is 7.01. The summed E-state index contributed by atoms with van der Waals surface area (Å²) < 4.78 is 19.4. The lowest BCUT2D eigenvalue weighted by atomic mass is 10.1. The molecule has 2 N–H and O–H groups in total. The molecule has 0 amide bonds. The first-order chi connectivity index (χ1) is 9.68. The highest BCUT2D eigenvalue weighted by Crippen LogP contribution is 2.26. The summed E-state index contributed by atoms with van der Waals surface area (Å²) in [5, 5.41) is 0. The SMILES string of the molecule is C[C@@H](N)c1c(F)cccc1OCCCc1ccncc1. The maximum atomic E-state index is 13.7. The van der Waals surface area contributed by atoms with Crippen LogP contribution in [0.5, 0.6) is 5.75 Å². The molecule has 0 aliphatic heterocycles. The van der Waals surface area contributed by atoms with Gasteiger partial charge >= 0.3 is 0 Å². The summed E-state index contributed by atoms with van der Waals surface area (Å²) in [5.41, 5.74) is 7.44. The number of nitrogens with two attached hydrogens (primary N) is 1. The topological polar surface area (TPSA) is 48.1 Å². The van der Waals surface area contributed by atoms with Crippen LogP contribution in [0, 0.1) is 5.82 Å². The highest BCUT2D eigenvalue weighted by molar-refractivity contribution is 5.36. The van der Waals surface area contributed by atoms with E-state index in [-0.39, 0.29) is 11.9 Å². The number of rotatable bonds is 6. The van der Waals surface area contributed by atoms with E-state index in [1.54, 1.807) is 31.5 Å². The van der Waals surface area contributed by atoms with Crippen LogP contribution in [0.25, 0.3) is 0 Å². The molecule has 1 atom stereocenters. The van der Waals surface area contributed by atoms with Crippen molar-refractivity contribution in [2.24, 2.45) is 5.73 Å². The van der Waals surface area contributed by atoms with Crippen LogP contribution in [0.2, 0.25) is 0 Å². The number of hydrogen-bond donors (Lipinski definition) is 1. The van der Waals surface area contributed by atoms with Crippen LogP contribution >= 0.6 is 0 Å². The van der Waals surface area contributed by atoms with Gasteiger partial charge in [0, 0.05) is 24.0 Å². The average molecular weight is 274 g/mol. The van der Waals surface area contributed by atoms with Crippen molar-refractivity contribution in [1.82, 2.24) is 4.98 Å². The van der Waals surface area contributed by atoms with Gasteiger partial charge in [-0.05, 0) is 49.6 Å². The van der Waals surface area contributed by atoms with Gasteiger partial charge in [0.05, 0.1) is 6.61 Å². The lowest BCUT2D eigenvalue weighted by Crippen LogP contribution is -2.11. The van der Waals surface area contributed by atoms with E-state index >= 15 is 0 Å². The number of ether oxygens (including phenoxy) is 1. The maximum absolute atomic E-state index is 13.7. The van der Waals surface area contributed by atoms with Crippen LogP contribution in [0.3, 0.4) is 0 Å². The van der Waals surface area contributed by atoms with E-state index in [2.05, 4.69) is 4.98 Å². The van der Waals surface area contributed by atoms with E-state index in [0.717, 1.165) is 12.8 Å². The van der Waals surface area contributed by atoms with Gasteiger partial charge in [0.1, 0.15) is 11.6 Å². The molecule has 0 saturated carbocycles. The summed E-state index contributed by atoms with van der Waals surface area (Å²) >= 11 is 0. The van der Waals surface area contributed by atoms with Crippen molar-refractivity contribution in [3.63, 3.8) is 0 Å². The van der Waals surface area contributed by atoms with E-state index in [0.29, 0.717) is 17.9 Å². The fourth-order valence-corrected chi connectivity index (χ4v) is 2.09. The summed E-state index contributed by atoms with van der Waals surface area (Å²) in [6, 6.07) is 8.38. The van der Waals surface area contributed by atoms with Crippen molar-refractivity contribution in [1.29, 1.82) is 0 Å². The summed E-state index contributed by atoms with van der Waals surface area (Å²) in [4.78, 5) is 3.98. The van der Waals surface area contributed by atoms with Crippen molar-refractivity contribution >= 4 is 0 Å². The number of nitrogens with zero attached hydrogens (tertiary/aromatic N) is 1. The summed E-state index contributed by atoms with van der Waals surface area (Å²) in [7, 11) is 0. The van der Waals surface area contributed by atoms with Crippen molar-refractivity contribution in [3.05, 3.63) is 59.7 Å². The fourth-order valence-electron chi connectivity index (χ4n) is 2.09. The third kappa shape index (κ3) is 3.78. The number of halogens is 1. The van der Waals surface area contributed by atoms with Gasteiger partial charge < -0.3 is 10.5 Å². The molecule has 0 fully saturated rings. The first kappa shape index (κ1) is 14.5. The highest BCUT2D eigenvalue weighted by atomic mass is 19.1. The van der Waals surface area contributed by atoms with Gasteiger partial charge in [-0.1, -0.05) is 6.07 Å². The molecule has 2 rings (SSSR count). The van der Waals surface area contributed by atoms with Crippen molar-refractivity contribution < 1.29 is 9.13 Å². The Morgan fingerprint density at radius 1 is 1.25 bits per heavy atom. The highest BCUT2D eigenvalue weighted by Gasteiger charge is 2.13. The van der Waals surface area contributed by atoms with Crippen LogP contribution in [0.1, 0.15) is 30.5 Å². The molecule has 1 aromatic heterocycles. The van der Waals surface area contributed by atoms with Gasteiger partial charge in [-0.15, -0.1) is 0 Å². The fraction of sp³-hybridized carbons (Fsp3) is 0.312. The molecule has 0 saturated heterocycles. The van der Waals surface area contributed by atoms with Crippen LogP contribution < -0.4 is 10.5 Å². The Morgan fingerprint density at radius 3 is 2.70 bits per heavy atom. The molecule has 3 nitrogen and oxygen atoms in total. The van der Waals surface area contributed by atoms with E-state index in [4.69, 9.17) is 10.5 Å². The van der Waals surface area contributed by atoms with E-state index in [9.17, 15) is 4.39 Å². The first-order valence-corrected chi connectivity index (χ1v) is 6.74. The molecule has 0 aliphatic rings. The number of aryl methyl sites for hydroxylation is 1. The smallest absolute Gasteiger partial charge is 0.131 e. The molecule has 0 spiro atoms. The molecular weight excluding hydrogens is 255 g/mol. The lowest BCUT2D eigenvalue weighted by molar-refractivity contribution is 0.304. The third-order valence-electron chi connectivity index (χ3n) is 3.08. The van der Waals surface area contributed by atoms with Gasteiger partial charge in [-0.2, -0.15) is 0 Å². The zero-order chi connectivity index (χ0) is 14.4. The zero-order valence-corrected chi connectivity index (χ0v) is 11.6. The number of pyridine rings is 1. The Morgan fingerprint density at radius 2 is 2.00 bits per heavy atom. The summed E-state index contributed by atoms with van der Waals surface area (Å²) in [6.45, 7) is 2.29. The molecule has 0 unspecified atom stereocenters. The molecule has 0 radical (unpaired) electrons. The minimum Gasteiger partial charge on any atom is -0.493 e. The predicted octanol–water partition coefficient (Wildman–Crippen LogP) is 3.25. The molecular formula is C16H19FN2O. The Hall–Kier alpha value is -1.94. The largest absolute Gasteiger partial charge is 0.493 e. The molecule has 1 aromatic carbocycles. The normalized spacial score (nSPS) is 12.2. The molecule has 0 bridgehead atoms. The number of hydrogen-bond acceptors (Lipinski definition) is 3. The van der Waals surface area contributed by atoms with E-state index < -0.39 is 0 Å². The molecule has 20 heavy (non-hydrogen) atoms. The van der Waals surface area contributed by atoms with Gasteiger partial charge in [-0.3, -0.25) is 4.98 Å². The third-order valence-corrected chi connectivity index (χ3v) is 3.08. The maximum Gasteiger partial charge on any atom is 0.131 e. The number of benzene rings is 1. The van der Waals surface area contributed by atoms with Crippen LogP contribution in [-0.4, -0.2) is 11.6 Å². The van der Waals surface area contributed by atoms with Crippen molar-refractivity contribution in [3.8, 4) is 5.75 Å². The van der Waals surface area contributed by atoms with E-state index in [1.165, 1.54) is 11.6 Å². The standard InChI is InChI=1S/C16H19FN2O/c1-12(18)16-14(17)5-2-6-15(16)20-11-3-4-13-7-9-19-10-8-13/h2,5-10,12H,3-4,11,18H2,1H3/t12-/m1/s1. The zero-order valence-electron chi connectivity index (χ0n) is 11.6. The summed E-state index contributed by atoms with van der Waals surface area (Å²) in [6.07, 6.45) is 5.32. The van der Waals surface area contributed by atoms with Gasteiger partial charge in [-0.25, -0.2) is 4.39 Å². The van der Waals surface area contributed by atoms with Gasteiger partial charge in [0.2, 0.25) is 0 Å². The minimum atomic E-state index is -0.383. The summed E-state index contributed by atoms with van der Waals surface area (Å²) in [5.74, 6) is 0.223. The van der Waals surface area contributed by atoms with E-state index in [1.807, 2.05) is 12.1 Å². The molecule has 1 heterocycles. The Bertz CT molecular complexity index is 543. The second-order valence-corrected chi connectivity index (χ2v) is 4.75. The van der Waals surface area contributed by atoms with Crippen LogP contribution in [-0.2, 0) is 6.42 Å². The predicted molar refractivity (Wildman–Crippen MR) is 77.1 cm³/mol. The van der Waals surface area contributed by atoms with Crippen molar-refractivity contribution in [2.45, 2.75) is 25.8 Å². The lowest BCUT2D eigenvalue weighted by Gasteiger charge is -2.14. The quantitative estimate of drug-likeness (QED) is 0.823. The molecule has 0 aliphatic carbocycles. The van der Waals surface area contributed by atoms with Gasteiger partial charge in [0.15, 0.2) is 0 Å². The molecule has 4 heteroatoms. The average Bonchev–Trinajstić information content (AvgIpc) is 2.44. The van der Waals surface area contributed by atoms with Gasteiger partial charge in [0.25, 0.3) is 0 Å².